The van der Waals surface area contributed by atoms with Crippen LogP contribution in [0.3, 0.4) is 0 Å². The Morgan fingerprint density at radius 3 is 2.67 bits per heavy atom. The van der Waals surface area contributed by atoms with Crippen molar-refractivity contribution in [3.8, 4) is 5.75 Å². The highest BCUT2D eigenvalue weighted by atomic mass is 19.3. The molecule has 2 aromatic carbocycles. The van der Waals surface area contributed by atoms with Crippen LogP contribution in [0, 0.1) is 6.92 Å². The van der Waals surface area contributed by atoms with E-state index >= 15 is 0 Å². The van der Waals surface area contributed by atoms with Crippen molar-refractivity contribution < 1.29 is 32.2 Å². The van der Waals surface area contributed by atoms with Gasteiger partial charge < -0.3 is 20.1 Å². The van der Waals surface area contributed by atoms with Gasteiger partial charge in [0.25, 0.3) is 12.3 Å². The van der Waals surface area contributed by atoms with Gasteiger partial charge in [0.15, 0.2) is 0 Å². The number of aryl methyl sites for hydroxylation is 1. The zero-order valence-electron chi connectivity index (χ0n) is 21.8. The van der Waals surface area contributed by atoms with Crippen molar-refractivity contribution >= 4 is 22.6 Å². The second-order valence-electron chi connectivity index (χ2n) is 10.5. The number of benzene rings is 2. The predicted molar refractivity (Wildman–Crippen MR) is 140 cm³/mol. The number of fused-ring (bicyclic) bond motifs is 1. The smallest absolute Gasteiger partial charge is 0.337 e. The quantitative estimate of drug-likeness (QED) is 0.306. The van der Waals surface area contributed by atoms with Crippen LogP contribution in [0.15, 0.2) is 36.5 Å². The number of carboxylic acid groups (broad SMARTS) is 1. The Hall–Kier alpha value is -3.31. The van der Waals surface area contributed by atoms with Crippen molar-refractivity contribution in [2.45, 2.75) is 50.7 Å². The number of alkyl halides is 4. The number of hydrogen-bond acceptors (Lipinski definition) is 5. The van der Waals surface area contributed by atoms with Crippen molar-refractivity contribution in [2.75, 3.05) is 38.6 Å². The molecule has 1 saturated carbocycles. The molecule has 0 amide bonds. The molecule has 1 saturated heterocycles. The first-order valence-electron chi connectivity index (χ1n) is 12.9. The number of carbonyl (C=O) groups is 1. The standard InChI is InChI=1S/C28H32F4N4O3/c1-16-9-24(39-2)21(19-5-6-33-26(16)19)13-36-8-7-35(15-25(29)30)14-23(36)17-3-4-20(27(37)38)22(10-17)34-18-11-28(31,32)12-18/h3-6,9-10,18,23,25,33-34H,7-8,11-15H2,1-2H3,(H,37,38)/t23-/m0/s1. The average Bonchev–Trinajstić information content (AvgIpc) is 3.35. The lowest BCUT2D eigenvalue weighted by Gasteiger charge is -2.42. The van der Waals surface area contributed by atoms with E-state index in [0.29, 0.717) is 26.2 Å². The molecule has 3 N–H and O–H groups in total. The molecule has 1 aliphatic carbocycles. The van der Waals surface area contributed by atoms with Gasteiger partial charge in [-0.15, -0.1) is 0 Å². The van der Waals surface area contributed by atoms with E-state index < -0.39 is 24.4 Å². The van der Waals surface area contributed by atoms with Gasteiger partial charge in [0.05, 0.1) is 19.2 Å². The van der Waals surface area contributed by atoms with Crippen LogP contribution in [0.4, 0.5) is 23.2 Å². The molecule has 3 aromatic rings. The number of carboxylic acids is 1. The lowest BCUT2D eigenvalue weighted by Crippen LogP contribution is -2.49. The fraction of sp³-hybridized carbons (Fsp3) is 0.464. The first kappa shape index (κ1) is 27.3. The number of nitrogens with zero attached hydrogens (tertiary/aromatic N) is 2. The molecule has 2 aliphatic rings. The normalized spacial score (nSPS) is 20.3. The summed E-state index contributed by atoms with van der Waals surface area (Å²) in [6, 6.07) is 7.88. The van der Waals surface area contributed by atoms with Crippen LogP contribution >= 0.6 is 0 Å². The fourth-order valence-electron chi connectivity index (χ4n) is 5.79. The molecule has 0 spiro atoms. The van der Waals surface area contributed by atoms with Gasteiger partial charge in [-0.2, -0.15) is 0 Å². The van der Waals surface area contributed by atoms with Crippen LogP contribution in [-0.4, -0.2) is 77.5 Å². The Balaban J connectivity index is 1.50. The highest BCUT2D eigenvalue weighted by Gasteiger charge is 2.45. The molecule has 7 nitrogen and oxygen atoms in total. The first-order chi connectivity index (χ1) is 18.5. The molecule has 39 heavy (non-hydrogen) atoms. The minimum Gasteiger partial charge on any atom is -0.496 e. The first-order valence-corrected chi connectivity index (χ1v) is 12.9. The third-order valence-corrected chi connectivity index (χ3v) is 7.77. The zero-order chi connectivity index (χ0) is 27.9. The van der Waals surface area contributed by atoms with E-state index in [9.17, 15) is 27.5 Å². The molecule has 1 atom stereocenters. The van der Waals surface area contributed by atoms with E-state index in [4.69, 9.17) is 4.74 Å². The summed E-state index contributed by atoms with van der Waals surface area (Å²) >= 11 is 0. The maximum Gasteiger partial charge on any atom is 0.337 e. The molecule has 1 aliphatic heterocycles. The van der Waals surface area contributed by atoms with Gasteiger partial charge in [-0.05, 0) is 42.3 Å². The Morgan fingerprint density at radius 2 is 2.00 bits per heavy atom. The number of methoxy groups -OCH3 is 1. The number of H-pyrrole nitrogens is 1. The zero-order valence-corrected chi connectivity index (χ0v) is 21.8. The number of anilines is 1. The molecule has 0 unspecified atom stereocenters. The van der Waals surface area contributed by atoms with Gasteiger partial charge >= 0.3 is 5.97 Å². The second-order valence-corrected chi connectivity index (χ2v) is 10.5. The van der Waals surface area contributed by atoms with Crippen LogP contribution in [0.25, 0.3) is 10.9 Å². The van der Waals surface area contributed by atoms with E-state index in [-0.39, 0.29) is 36.7 Å². The van der Waals surface area contributed by atoms with Crippen LogP contribution < -0.4 is 10.1 Å². The van der Waals surface area contributed by atoms with Crippen LogP contribution in [0.5, 0.6) is 5.75 Å². The molecule has 0 radical (unpaired) electrons. The van der Waals surface area contributed by atoms with E-state index in [1.165, 1.54) is 6.07 Å². The van der Waals surface area contributed by atoms with Crippen LogP contribution in [0.1, 0.15) is 45.9 Å². The molecule has 2 heterocycles. The lowest BCUT2D eigenvalue weighted by atomic mass is 9.87. The van der Waals surface area contributed by atoms with Crippen LogP contribution in [-0.2, 0) is 6.54 Å². The van der Waals surface area contributed by atoms with E-state index in [2.05, 4.69) is 15.2 Å². The van der Waals surface area contributed by atoms with Gasteiger partial charge in [-0.25, -0.2) is 22.4 Å². The van der Waals surface area contributed by atoms with Gasteiger partial charge in [-0.3, -0.25) is 9.80 Å². The van der Waals surface area contributed by atoms with Crippen LogP contribution in [0.2, 0.25) is 0 Å². The molecule has 11 heteroatoms. The molecule has 1 aromatic heterocycles. The summed E-state index contributed by atoms with van der Waals surface area (Å²) in [6.07, 6.45) is -1.35. The number of piperazine rings is 1. The monoisotopic (exact) mass is 548 g/mol. The second kappa shape index (κ2) is 10.7. The summed E-state index contributed by atoms with van der Waals surface area (Å²) in [5.74, 6) is -3.21. The number of ether oxygens (including phenoxy) is 1. The summed E-state index contributed by atoms with van der Waals surface area (Å²) in [5, 5.41) is 13.7. The highest BCUT2D eigenvalue weighted by molar-refractivity contribution is 5.94. The Morgan fingerprint density at radius 1 is 1.23 bits per heavy atom. The summed E-state index contributed by atoms with van der Waals surface area (Å²) in [6.45, 7) is 3.36. The average molecular weight is 549 g/mol. The third kappa shape index (κ3) is 5.69. The number of aromatic nitrogens is 1. The molecular formula is C28H32F4N4O3. The highest BCUT2D eigenvalue weighted by Crippen LogP contribution is 2.40. The summed E-state index contributed by atoms with van der Waals surface area (Å²) in [5.41, 5.74) is 3.96. The van der Waals surface area contributed by atoms with Crippen molar-refractivity contribution in [2.24, 2.45) is 0 Å². The van der Waals surface area contributed by atoms with Gasteiger partial charge in [0.2, 0.25) is 0 Å². The van der Waals surface area contributed by atoms with Crippen molar-refractivity contribution in [1.29, 1.82) is 0 Å². The summed E-state index contributed by atoms with van der Waals surface area (Å²) < 4.78 is 59.3. The van der Waals surface area contributed by atoms with E-state index in [0.717, 1.165) is 33.3 Å². The Labute approximate surface area is 223 Å². The van der Waals surface area contributed by atoms with Gasteiger partial charge in [0, 0.05) is 79.5 Å². The maximum absolute atomic E-state index is 13.5. The summed E-state index contributed by atoms with van der Waals surface area (Å²) in [4.78, 5) is 19.0. The number of hydrogen-bond donors (Lipinski definition) is 3. The topological polar surface area (TPSA) is 80.8 Å². The number of aromatic carboxylic acids is 1. The molecule has 2 fully saturated rings. The van der Waals surface area contributed by atoms with Gasteiger partial charge in [-0.1, -0.05) is 6.07 Å². The minimum absolute atomic E-state index is 0.0185. The molecular weight excluding hydrogens is 516 g/mol. The number of aromatic amines is 1. The molecule has 5 rings (SSSR count). The van der Waals surface area contributed by atoms with Crippen molar-refractivity contribution in [3.05, 3.63) is 58.8 Å². The fourth-order valence-corrected chi connectivity index (χ4v) is 5.79. The van der Waals surface area contributed by atoms with Crippen molar-refractivity contribution in [1.82, 2.24) is 14.8 Å². The third-order valence-electron chi connectivity index (χ3n) is 7.77. The largest absolute Gasteiger partial charge is 0.496 e. The van der Waals surface area contributed by atoms with E-state index in [1.807, 2.05) is 25.3 Å². The Bertz CT molecular complexity index is 1350. The maximum atomic E-state index is 13.5. The SMILES string of the molecule is COc1cc(C)c2[nH]ccc2c1CN1CCN(CC(F)F)C[C@H]1c1ccc(C(=O)O)c(NC2CC(F)(F)C2)c1. The van der Waals surface area contributed by atoms with Gasteiger partial charge in [0.1, 0.15) is 5.75 Å². The molecule has 210 valence electrons. The lowest BCUT2D eigenvalue weighted by molar-refractivity contribution is -0.0793. The molecule has 0 bridgehead atoms. The van der Waals surface area contributed by atoms with Crippen molar-refractivity contribution in [3.63, 3.8) is 0 Å². The van der Waals surface area contributed by atoms with E-state index in [1.54, 1.807) is 24.1 Å². The number of halogens is 4. The Kier molecular flexibility index (Phi) is 7.47. The summed E-state index contributed by atoms with van der Waals surface area (Å²) in [7, 11) is 1.61. The minimum atomic E-state index is -2.76. The predicted octanol–water partition coefficient (Wildman–Crippen LogP) is 5.52. The number of nitrogens with one attached hydrogen (secondary N) is 2. The number of rotatable bonds is 9.